The molecule has 1 N–H and O–H groups in total. The molecular weight excluding hydrogens is 351 g/mol. The Kier molecular flexibility index (Phi) is 3.96. The van der Waals surface area contributed by atoms with Crippen molar-refractivity contribution < 1.29 is 4.79 Å². The standard InChI is InChI=1S/C12H8ClIN2O/c13-11-7-10(5-6-15-11)16-12(17)8-1-3-9(14)4-2-8/h1-7H,(H,15,16,17). The van der Waals surface area contributed by atoms with E-state index < -0.39 is 0 Å². The molecule has 1 aromatic carbocycles. The van der Waals surface area contributed by atoms with Gasteiger partial charge in [-0.05, 0) is 59.0 Å². The molecule has 0 unspecified atom stereocenters. The van der Waals surface area contributed by atoms with E-state index in [1.54, 1.807) is 30.5 Å². The highest BCUT2D eigenvalue weighted by Crippen LogP contribution is 2.14. The first-order chi connectivity index (χ1) is 8.15. The van der Waals surface area contributed by atoms with E-state index in [0.29, 0.717) is 16.4 Å². The molecule has 0 spiro atoms. The maximum Gasteiger partial charge on any atom is 0.255 e. The summed E-state index contributed by atoms with van der Waals surface area (Å²) in [4.78, 5) is 15.7. The topological polar surface area (TPSA) is 42.0 Å². The Balaban J connectivity index is 2.14. The number of pyridine rings is 1. The van der Waals surface area contributed by atoms with Gasteiger partial charge in [-0.25, -0.2) is 4.98 Å². The molecule has 1 aromatic heterocycles. The van der Waals surface area contributed by atoms with E-state index in [9.17, 15) is 4.79 Å². The van der Waals surface area contributed by atoms with Crippen molar-refractivity contribution in [2.45, 2.75) is 0 Å². The highest BCUT2D eigenvalue weighted by Gasteiger charge is 2.05. The molecule has 3 nitrogen and oxygen atoms in total. The largest absolute Gasteiger partial charge is 0.322 e. The third-order valence-corrected chi connectivity index (χ3v) is 3.02. The lowest BCUT2D eigenvalue weighted by atomic mass is 10.2. The number of hydrogen-bond donors (Lipinski definition) is 1. The Bertz CT molecular complexity index is 542. The van der Waals surface area contributed by atoms with E-state index >= 15 is 0 Å². The molecule has 2 rings (SSSR count). The van der Waals surface area contributed by atoms with Crippen molar-refractivity contribution >= 4 is 45.8 Å². The highest BCUT2D eigenvalue weighted by atomic mass is 127. The third-order valence-electron chi connectivity index (χ3n) is 2.09. The molecule has 5 heteroatoms. The Labute approximate surface area is 117 Å². The molecule has 1 amide bonds. The van der Waals surface area contributed by atoms with Gasteiger partial charge in [-0.1, -0.05) is 11.6 Å². The van der Waals surface area contributed by atoms with Crippen molar-refractivity contribution in [3.8, 4) is 0 Å². The van der Waals surface area contributed by atoms with Gasteiger partial charge in [-0.3, -0.25) is 4.79 Å². The number of nitrogens with one attached hydrogen (secondary N) is 1. The molecule has 0 saturated heterocycles. The van der Waals surface area contributed by atoms with Gasteiger partial charge in [0.1, 0.15) is 5.15 Å². The summed E-state index contributed by atoms with van der Waals surface area (Å²) in [6.07, 6.45) is 1.55. The molecule has 1 heterocycles. The van der Waals surface area contributed by atoms with Crippen LogP contribution in [0.2, 0.25) is 5.15 Å². The number of rotatable bonds is 2. The molecule has 0 radical (unpaired) electrons. The minimum absolute atomic E-state index is 0.163. The van der Waals surface area contributed by atoms with Crippen molar-refractivity contribution in [3.63, 3.8) is 0 Å². The SMILES string of the molecule is O=C(Nc1ccnc(Cl)c1)c1ccc(I)cc1. The molecule has 0 aliphatic rings. The van der Waals surface area contributed by atoms with Crippen molar-refractivity contribution in [2.24, 2.45) is 0 Å². The van der Waals surface area contributed by atoms with Crippen LogP contribution in [0.15, 0.2) is 42.6 Å². The number of aromatic nitrogens is 1. The van der Waals surface area contributed by atoms with Gasteiger partial charge in [0.15, 0.2) is 0 Å². The predicted octanol–water partition coefficient (Wildman–Crippen LogP) is 3.59. The van der Waals surface area contributed by atoms with Gasteiger partial charge in [0, 0.05) is 21.0 Å². The van der Waals surface area contributed by atoms with Crippen LogP contribution < -0.4 is 5.32 Å². The first-order valence-electron chi connectivity index (χ1n) is 4.83. The van der Waals surface area contributed by atoms with Crippen molar-refractivity contribution in [1.29, 1.82) is 0 Å². The van der Waals surface area contributed by atoms with Crippen molar-refractivity contribution in [2.75, 3.05) is 5.32 Å². The lowest BCUT2D eigenvalue weighted by molar-refractivity contribution is 0.102. The smallest absolute Gasteiger partial charge is 0.255 e. The normalized spacial score (nSPS) is 10.0. The molecule has 0 atom stereocenters. The minimum atomic E-state index is -0.163. The summed E-state index contributed by atoms with van der Waals surface area (Å²) in [5.74, 6) is -0.163. The second-order valence-electron chi connectivity index (χ2n) is 3.33. The van der Waals surface area contributed by atoms with Crippen LogP contribution in [-0.2, 0) is 0 Å². The third kappa shape index (κ3) is 3.41. The Morgan fingerprint density at radius 1 is 1.24 bits per heavy atom. The summed E-state index contributed by atoms with van der Waals surface area (Å²) >= 11 is 7.92. The molecule has 0 bridgehead atoms. The van der Waals surface area contributed by atoms with Crippen LogP contribution in [-0.4, -0.2) is 10.9 Å². The fourth-order valence-corrected chi connectivity index (χ4v) is 1.82. The minimum Gasteiger partial charge on any atom is -0.322 e. The van der Waals surface area contributed by atoms with E-state index in [1.165, 1.54) is 0 Å². The van der Waals surface area contributed by atoms with Crippen molar-refractivity contribution in [1.82, 2.24) is 4.98 Å². The fraction of sp³-hybridized carbons (Fsp3) is 0. The van der Waals surface area contributed by atoms with Crippen LogP contribution in [0, 0.1) is 3.57 Å². The van der Waals surface area contributed by atoms with Crippen LogP contribution in [0.4, 0.5) is 5.69 Å². The number of amides is 1. The van der Waals surface area contributed by atoms with E-state index in [4.69, 9.17) is 11.6 Å². The van der Waals surface area contributed by atoms with Gasteiger partial charge < -0.3 is 5.32 Å². The van der Waals surface area contributed by atoms with E-state index in [2.05, 4.69) is 32.9 Å². The Morgan fingerprint density at radius 2 is 1.94 bits per heavy atom. The zero-order valence-corrected chi connectivity index (χ0v) is 11.6. The summed E-state index contributed by atoms with van der Waals surface area (Å²) < 4.78 is 1.09. The van der Waals surface area contributed by atoms with Gasteiger partial charge in [-0.2, -0.15) is 0 Å². The predicted molar refractivity (Wildman–Crippen MR) is 76.4 cm³/mol. The van der Waals surface area contributed by atoms with Crippen LogP contribution in [0.3, 0.4) is 0 Å². The second-order valence-corrected chi connectivity index (χ2v) is 4.96. The second kappa shape index (κ2) is 5.46. The Morgan fingerprint density at radius 3 is 2.59 bits per heavy atom. The van der Waals surface area contributed by atoms with Crippen molar-refractivity contribution in [3.05, 3.63) is 56.9 Å². The number of carbonyl (C=O) groups excluding carboxylic acids is 1. The average Bonchev–Trinajstić information content (AvgIpc) is 2.29. The molecule has 2 aromatic rings. The van der Waals surface area contributed by atoms with Gasteiger partial charge in [0.2, 0.25) is 0 Å². The molecular formula is C12H8ClIN2O. The number of hydrogen-bond acceptors (Lipinski definition) is 2. The van der Waals surface area contributed by atoms with Gasteiger partial charge in [0.25, 0.3) is 5.91 Å². The first-order valence-corrected chi connectivity index (χ1v) is 6.29. The molecule has 17 heavy (non-hydrogen) atoms. The summed E-state index contributed by atoms with van der Waals surface area (Å²) in [6.45, 7) is 0. The number of nitrogens with zero attached hydrogens (tertiary/aromatic N) is 1. The summed E-state index contributed by atoms with van der Waals surface area (Å²) in [5.41, 5.74) is 1.24. The highest BCUT2D eigenvalue weighted by molar-refractivity contribution is 14.1. The van der Waals surface area contributed by atoms with E-state index in [1.807, 2.05) is 12.1 Å². The molecule has 0 fully saturated rings. The Hall–Kier alpha value is -1.14. The van der Waals surface area contributed by atoms with E-state index in [0.717, 1.165) is 3.57 Å². The number of benzene rings is 1. The maximum absolute atomic E-state index is 11.9. The number of carbonyl (C=O) groups is 1. The van der Waals surface area contributed by atoms with E-state index in [-0.39, 0.29) is 5.91 Å². The average molecular weight is 359 g/mol. The number of anilines is 1. The molecule has 0 aliphatic heterocycles. The van der Waals surface area contributed by atoms with Gasteiger partial charge >= 0.3 is 0 Å². The number of halogens is 2. The lowest BCUT2D eigenvalue weighted by Gasteiger charge is -2.05. The fourth-order valence-electron chi connectivity index (χ4n) is 1.28. The monoisotopic (exact) mass is 358 g/mol. The van der Waals surface area contributed by atoms with Crippen LogP contribution in [0.5, 0.6) is 0 Å². The molecule has 86 valence electrons. The van der Waals surface area contributed by atoms with Crippen LogP contribution >= 0.6 is 34.2 Å². The summed E-state index contributed by atoms with van der Waals surface area (Å²) in [7, 11) is 0. The molecule has 0 aliphatic carbocycles. The lowest BCUT2D eigenvalue weighted by Crippen LogP contribution is -2.11. The summed E-state index contributed by atoms with van der Waals surface area (Å²) in [6, 6.07) is 10.6. The quantitative estimate of drug-likeness (QED) is 0.658. The molecule has 0 saturated carbocycles. The maximum atomic E-state index is 11.9. The first kappa shape index (κ1) is 12.3. The zero-order chi connectivity index (χ0) is 12.3. The van der Waals surface area contributed by atoms with Crippen LogP contribution in [0.1, 0.15) is 10.4 Å². The van der Waals surface area contributed by atoms with Gasteiger partial charge in [0.05, 0.1) is 0 Å². The summed E-state index contributed by atoms with van der Waals surface area (Å²) in [5, 5.41) is 3.10. The van der Waals surface area contributed by atoms with Crippen LogP contribution in [0.25, 0.3) is 0 Å². The van der Waals surface area contributed by atoms with Gasteiger partial charge in [-0.15, -0.1) is 0 Å². The zero-order valence-electron chi connectivity index (χ0n) is 8.65.